The maximum Gasteiger partial charge on any atom is 0.335 e. The van der Waals surface area contributed by atoms with E-state index in [1.807, 2.05) is 64.6 Å². The highest BCUT2D eigenvalue weighted by Gasteiger charge is 2.29. The van der Waals surface area contributed by atoms with Crippen LogP contribution >= 0.6 is 0 Å². The number of hydrogen-bond donors (Lipinski definition) is 2. The Balaban J connectivity index is 0.00000226. The first-order chi connectivity index (χ1) is 21.4. The van der Waals surface area contributed by atoms with Gasteiger partial charge in [-0.2, -0.15) is 5.10 Å². The molecular weight excluding hydrogens is 571 g/mol. The number of carboxylic acids is 1. The molecule has 0 spiro atoms. The Morgan fingerprint density at radius 3 is 2.13 bits per heavy atom. The zero-order valence-corrected chi connectivity index (χ0v) is 26.7. The predicted molar refractivity (Wildman–Crippen MR) is 174 cm³/mol. The summed E-state index contributed by atoms with van der Waals surface area (Å²) in [7, 11) is 0. The van der Waals surface area contributed by atoms with Gasteiger partial charge in [-0.05, 0) is 100 Å². The molecule has 2 heterocycles. The molecule has 0 radical (unpaired) electrons. The van der Waals surface area contributed by atoms with E-state index >= 15 is 0 Å². The monoisotopic (exact) mass is 612 g/mol. The number of amides is 2. The number of carbonyl (C=O) groups is 3. The number of piperidine rings is 1. The lowest BCUT2D eigenvalue weighted by Crippen LogP contribution is -2.38. The van der Waals surface area contributed by atoms with E-state index in [-0.39, 0.29) is 23.2 Å². The van der Waals surface area contributed by atoms with Crippen LogP contribution in [0.25, 0.3) is 11.3 Å². The largest absolute Gasteiger partial charge is 0.478 e. The third kappa shape index (κ3) is 7.30. The second-order valence-electron chi connectivity index (χ2n) is 11.9. The molecule has 5 rings (SSSR count). The fourth-order valence-corrected chi connectivity index (χ4v) is 5.63. The summed E-state index contributed by atoms with van der Waals surface area (Å²) in [5, 5.41) is 16.6. The number of rotatable bonds is 6. The van der Waals surface area contributed by atoms with Crippen LogP contribution in [0.5, 0.6) is 0 Å². The van der Waals surface area contributed by atoms with Crippen LogP contribution < -0.4 is 5.32 Å². The van der Waals surface area contributed by atoms with E-state index in [0.29, 0.717) is 41.2 Å². The number of hydrogen-bond acceptors (Lipinski definition) is 4. The molecule has 2 amide bonds. The van der Waals surface area contributed by atoms with Gasteiger partial charge < -0.3 is 15.3 Å². The molecular formula is C36H41FN4O4. The van der Waals surface area contributed by atoms with Crippen LogP contribution in [-0.4, -0.2) is 50.7 Å². The minimum Gasteiger partial charge on any atom is -0.478 e. The summed E-state index contributed by atoms with van der Waals surface area (Å²) >= 11 is 0. The van der Waals surface area contributed by atoms with Crippen LogP contribution in [0, 0.1) is 12.7 Å². The van der Waals surface area contributed by atoms with Gasteiger partial charge >= 0.3 is 5.97 Å². The van der Waals surface area contributed by atoms with Gasteiger partial charge in [0, 0.05) is 18.7 Å². The number of benzene rings is 3. The Kier molecular flexibility index (Phi) is 10.2. The average Bonchev–Trinajstić information content (AvgIpc) is 3.49. The number of carbonyl (C=O) groups excluding carboxylic acids is 2. The Morgan fingerprint density at radius 2 is 1.56 bits per heavy atom. The summed E-state index contributed by atoms with van der Waals surface area (Å²) < 4.78 is 15.5. The van der Waals surface area contributed by atoms with Crippen LogP contribution in [0.1, 0.15) is 95.6 Å². The van der Waals surface area contributed by atoms with Crippen molar-refractivity contribution in [1.29, 1.82) is 0 Å². The van der Waals surface area contributed by atoms with Crippen LogP contribution in [0.3, 0.4) is 0 Å². The highest BCUT2D eigenvalue weighted by atomic mass is 19.1. The van der Waals surface area contributed by atoms with Gasteiger partial charge in [0.2, 0.25) is 0 Å². The molecule has 0 aliphatic carbocycles. The normalized spacial score (nSPS) is 13.5. The lowest BCUT2D eigenvalue weighted by Gasteiger charge is -2.33. The minimum absolute atomic E-state index is 0.155. The van der Waals surface area contributed by atoms with Gasteiger partial charge in [0.1, 0.15) is 5.82 Å². The Morgan fingerprint density at radius 1 is 0.933 bits per heavy atom. The number of anilines is 1. The molecule has 1 saturated heterocycles. The standard InChI is InChI=1S/C34H35FN4O4.C2H6/c1-21-6-5-7-28(29(21)32(41)38-18-16-23(17-19-38)22-8-10-25(11-9-22)33(42)43)37-31(40)27-20-36-39(34(2,3)4)30(27)24-12-14-26(35)15-13-24;1-2/h5-15,20,23H,16-19H2,1-4H3,(H,37,40)(H,42,43);1-2H3. The van der Waals surface area contributed by atoms with Crippen molar-refractivity contribution in [3.05, 3.63) is 107 Å². The maximum atomic E-state index is 13.8. The van der Waals surface area contributed by atoms with E-state index in [2.05, 4.69) is 10.4 Å². The molecule has 1 aliphatic heterocycles. The first-order valence-electron chi connectivity index (χ1n) is 15.3. The quantitative estimate of drug-likeness (QED) is 0.232. The van der Waals surface area contributed by atoms with Crippen molar-refractivity contribution >= 4 is 23.5 Å². The number of aromatic carboxylic acids is 1. The number of nitrogens with one attached hydrogen (secondary N) is 1. The van der Waals surface area contributed by atoms with Gasteiger partial charge in [-0.15, -0.1) is 0 Å². The van der Waals surface area contributed by atoms with Gasteiger partial charge in [0.25, 0.3) is 11.8 Å². The third-order valence-electron chi connectivity index (χ3n) is 7.91. The zero-order valence-electron chi connectivity index (χ0n) is 26.7. The van der Waals surface area contributed by atoms with E-state index in [0.717, 1.165) is 24.0 Å². The Labute approximate surface area is 263 Å². The topological polar surface area (TPSA) is 105 Å². The van der Waals surface area contributed by atoms with E-state index in [4.69, 9.17) is 0 Å². The van der Waals surface area contributed by atoms with Crippen molar-refractivity contribution in [3.8, 4) is 11.3 Å². The number of halogens is 1. The molecule has 1 aliphatic rings. The Bertz CT molecular complexity index is 1660. The van der Waals surface area contributed by atoms with Gasteiger partial charge in [-0.1, -0.05) is 38.1 Å². The molecule has 0 bridgehead atoms. The van der Waals surface area contributed by atoms with Crippen LogP contribution in [-0.2, 0) is 5.54 Å². The third-order valence-corrected chi connectivity index (χ3v) is 7.91. The van der Waals surface area contributed by atoms with E-state index in [9.17, 15) is 23.9 Å². The molecule has 3 aromatic carbocycles. The molecule has 0 atom stereocenters. The molecule has 0 saturated carbocycles. The molecule has 0 unspecified atom stereocenters. The van der Waals surface area contributed by atoms with Crippen LogP contribution in [0.2, 0.25) is 0 Å². The summed E-state index contributed by atoms with van der Waals surface area (Å²) in [5.74, 6) is -1.68. The van der Waals surface area contributed by atoms with E-state index in [1.54, 1.807) is 41.1 Å². The molecule has 4 aromatic rings. The first-order valence-corrected chi connectivity index (χ1v) is 15.3. The van der Waals surface area contributed by atoms with Crippen molar-refractivity contribution in [1.82, 2.24) is 14.7 Å². The zero-order chi connectivity index (χ0) is 32.9. The van der Waals surface area contributed by atoms with Crippen molar-refractivity contribution in [2.45, 2.75) is 65.8 Å². The second kappa shape index (κ2) is 13.9. The molecule has 45 heavy (non-hydrogen) atoms. The van der Waals surface area contributed by atoms with Crippen molar-refractivity contribution in [2.24, 2.45) is 0 Å². The number of carboxylic acid groups (broad SMARTS) is 1. The molecule has 236 valence electrons. The number of likely N-dealkylation sites (tertiary alicyclic amines) is 1. The predicted octanol–water partition coefficient (Wildman–Crippen LogP) is 7.75. The summed E-state index contributed by atoms with van der Waals surface area (Å²) in [6, 6.07) is 18.2. The van der Waals surface area contributed by atoms with Crippen molar-refractivity contribution in [2.75, 3.05) is 18.4 Å². The number of aromatic nitrogens is 2. The first kappa shape index (κ1) is 33.1. The van der Waals surface area contributed by atoms with E-state index < -0.39 is 17.4 Å². The molecule has 8 nitrogen and oxygen atoms in total. The fourth-order valence-electron chi connectivity index (χ4n) is 5.63. The number of nitrogens with zero attached hydrogens (tertiary/aromatic N) is 3. The molecule has 9 heteroatoms. The second-order valence-corrected chi connectivity index (χ2v) is 11.9. The molecule has 2 N–H and O–H groups in total. The van der Waals surface area contributed by atoms with E-state index in [1.165, 1.54) is 18.3 Å². The average molecular weight is 613 g/mol. The fraction of sp³-hybridized carbons (Fsp3) is 0.333. The van der Waals surface area contributed by atoms with Gasteiger partial charge in [0.15, 0.2) is 0 Å². The van der Waals surface area contributed by atoms with Crippen molar-refractivity contribution in [3.63, 3.8) is 0 Å². The molecule has 1 aromatic heterocycles. The van der Waals surface area contributed by atoms with Gasteiger partial charge in [-0.25, -0.2) is 9.18 Å². The van der Waals surface area contributed by atoms with Crippen LogP contribution in [0.4, 0.5) is 10.1 Å². The Hall–Kier alpha value is -4.79. The minimum atomic E-state index is -0.956. The summed E-state index contributed by atoms with van der Waals surface area (Å²) in [5.41, 5.74) is 3.99. The maximum absolute atomic E-state index is 13.8. The smallest absolute Gasteiger partial charge is 0.335 e. The summed E-state index contributed by atoms with van der Waals surface area (Å²) in [4.78, 5) is 40.6. The highest BCUT2D eigenvalue weighted by molar-refractivity contribution is 6.11. The number of aryl methyl sites for hydroxylation is 1. The lowest BCUT2D eigenvalue weighted by atomic mass is 9.88. The van der Waals surface area contributed by atoms with Gasteiger partial charge in [-0.3, -0.25) is 14.3 Å². The van der Waals surface area contributed by atoms with Crippen molar-refractivity contribution < 1.29 is 23.9 Å². The van der Waals surface area contributed by atoms with Crippen LogP contribution in [0.15, 0.2) is 72.9 Å². The summed E-state index contributed by atoms with van der Waals surface area (Å²) in [6.07, 6.45) is 3.00. The summed E-state index contributed by atoms with van der Waals surface area (Å²) in [6.45, 7) is 12.8. The SMILES string of the molecule is CC.Cc1cccc(NC(=O)c2cnn(C(C)(C)C)c2-c2ccc(F)cc2)c1C(=O)N1CCC(c2ccc(C(=O)O)cc2)CC1. The van der Waals surface area contributed by atoms with Gasteiger partial charge in [0.05, 0.1) is 39.8 Å². The highest BCUT2D eigenvalue weighted by Crippen LogP contribution is 2.33. The molecule has 1 fully saturated rings. The lowest BCUT2D eigenvalue weighted by molar-refractivity contribution is 0.0691.